The highest BCUT2D eigenvalue weighted by Gasteiger charge is 2.07. The maximum absolute atomic E-state index is 11.0. The lowest BCUT2D eigenvalue weighted by molar-refractivity contribution is -0.142. The molecule has 0 aliphatic heterocycles. The Hall–Kier alpha value is -1.59. The van der Waals surface area contributed by atoms with Crippen LogP contribution in [-0.2, 0) is 9.53 Å². The van der Waals surface area contributed by atoms with Crippen molar-refractivity contribution in [3.63, 3.8) is 0 Å². The minimum absolute atomic E-state index is 0.0927. The summed E-state index contributed by atoms with van der Waals surface area (Å²) in [6, 6.07) is 7.60. The first-order valence-corrected chi connectivity index (χ1v) is 6.35. The number of ether oxygens (including phenoxy) is 2. The zero-order chi connectivity index (χ0) is 14.1. The molecule has 0 aliphatic carbocycles. The quantitative estimate of drug-likeness (QED) is 0.685. The van der Waals surface area contributed by atoms with Gasteiger partial charge in [-0.2, -0.15) is 0 Å². The SMILES string of the molecule is CCOC(=O)CNCC(O)COc1ccc(C)cc1. The van der Waals surface area contributed by atoms with E-state index in [4.69, 9.17) is 9.47 Å². The summed E-state index contributed by atoms with van der Waals surface area (Å²) in [7, 11) is 0. The van der Waals surface area contributed by atoms with Crippen molar-refractivity contribution in [3.8, 4) is 5.75 Å². The molecule has 1 rings (SSSR count). The Bertz CT molecular complexity index is 378. The van der Waals surface area contributed by atoms with E-state index in [-0.39, 0.29) is 25.7 Å². The van der Waals surface area contributed by atoms with Crippen LogP contribution >= 0.6 is 0 Å². The Balaban J connectivity index is 2.15. The highest BCUT2D eigenvalue weighted by atomic mass is 16.5. The molecule has 0 heterocycles. The van der Waals surface area contributed by atoms with E-state index in [1.165, 1.54) is 0 Å². The van der Waals surface area contributed by atoms with Gasteiger partial charge in [-0.15, -0.1) is 0 Å². The molecule has 1 aromatic rings. The van der Waals surface area contributed by atoms with E-state index in [1.807, 2.05) is 31.2 Å². The topological polar surface area (TPSA) is 67.8 Å². The zero-order valence-corrected chi connectivity index (χ0v) is 11.4. The summed E-state index contributed by atoms with van der Waals surface area (Å²) >= 11 is 0. The van der Waals surface area contributed by atoms with E-state index in [2.05, 4.69) is 5.32 Å². The molecule has 1 atom stereocenters. The normalized spacial score (nSPS) is 11.9. The van der Waals surface area contributed by atoms with Crippen LogP contribution in [0.1, 0.15) is 12.5 Å². The van der Waals surface area contributed by atoms with Crippen LogP contribution in [0.15, 0.2) is 24.3 Å². The fourth-order valence-corrected chi connectivity index (χ4v) is 1.44. The van der Waals surface area contributed by atoms with Crippen molar-refractivity contribution in [3.05, 3.63) is 29.8 Å². The van der Waals surface area contributed by atoms with Crippen LogP contribution in [0.4, 0.5) is 0 Å². The zero-order valence-electron chi connectivity index (χ0n) is 11.4. The van der Waals surface area contributed by atoms with Gasteiger partial charge in [0.05, 0.1) is 13.2 Å². The van der Waals surface area contributed by atoms with Crippen molar-refractivity contribution in [2.75, 3.05) is 26.3 Å². The Morgan fingerprint density at radius 1 is 1.37 bits per heavy atom. The number of esters is 1. The van der Waals surface area contributed by atoms with Crippen molar-refractivity contribution in [2.45, 2.75) is 20.0 Å². The number of benzene rings is 1. The molecule has 1 unspecified atom stereocenters. The Morgan fingerprint density at radius 2 is 2.05 bits per heavy atom. The number of hydrogen-bond acceptors (Lipinski definition) is 5. The summed E-state index contributed by atoms with van der Waals surface area (Å²) < 4.78 is 10.2. The van der Waals surface area contributed by atoms with Gasteiger partial charge in [0.2, 0.25) is 0 Å². The van der Waals surface area contributed by atoms with Gasteiger partial charge in [-0.25, -0.2) is 0 Å². The van der Waals surface area contributed by atoms with Crippen LogP contribution in [-0.4, -0.2) is 43.5 Å². The van der Waals surface area contributed by atoms with Crippen molar-refractivity contribution >= 4 is 5.97 Å². The van der Waals surface area contributed by atoms with Crippen LogP contribution in [0.2, 0.25) is 0 Å². The average Bonchev–Trinajstić information content (AvgIpc) is 2.38. The first kappa shape index (κ1) is 15.5. The van der Waals surface area contributed by atoms with Crippen LogP contribution in [0.25, 0.3) is 0 Å². The summed E-state index contributed by atoms with van der Waals surface area (Å²) in [5.74, 6) is 0.393. The summed E-state index contributed by atoms with van der Waals surface area (Å²) in [6.07, 6.45) is -0.671. The van der Waals surface area contributed by atoms with Gasteiger partial charge in [-0.1, -0.05) is 17.7 Å². The lowest BCUT2D eigenvalue weighted by atomic mass is 10.2. The Labute approximate surface area is 113 Å². The minimum Gasteiger partial charge on any atom is -0.491 e. The number of carbonyl (C=O) groups excluding carboxylic acids is 1. The molecule has 0 radical (unpaired) electrons. The highest BCUT2D eigenvalue weighted by molar-refractivity contribution is 5.71. The fraction of sp³-hybridized carbons (Fsp3) is 0.500. The average molecular weight is 267 g/mol. The van der Waals surface area contributed by atoms with Crippen molar-refractivity contribution in [2.24, 2.45) is 0 Å². The van der Waals surface area contributed by atoms with Gasteiger partial charge in [0.1, 0.15) is 18.5 Å². The molecule has 0 aromatic heterocycles. The van der Waals surface area contributed by atoms with Crippen molar-refractivity contribution in [1.29, 1.82) is 0 Å². The summed E-state index contributed by atoms with van der Waals surface area (Å²) in [5, 5.41) is 12.5. The lowest BCUT2D eigenvalue weighted by Crippen LogP contribution is -2.35. The van der Waals surface area contributed by atoms with Gasteiger partial charge in [0.25, 0.3) is 0 Å². The molecule has 5 heteroatoms. The molecule has 0 spiro atoms. The molecule has 0 amide bonds. The van der Waals surface area contributed by atoms with Crippen molar-refractivity contribution in [1.82, 2.24) is 5.32 Å². The highest BCUT2D eigenvalue weighted by Crippen LogP contribution is 2.11. The number of rotatable bonds is 8. The molecular formula is C14H21NO4. The maximum atomic E-state index is 11.0. The second-order valence-corrected chi connectivity index (χ2v) is 4.21. The number of aliphatic hydroxyl groups excluding tert-OH is 1. The maximum Gasteiger partial charge on any atom is 0.319 e. The smallest absolute Gasteiger partial charge is 0.319 e. The standard InChI is InChI=1S/C14H21NO4/c1-3-18-14(17)9-15-8-12(16)10-19-13-6-4-11(2)5-7-13/h4-7,12,15-16H,3,8-10H2,1-2H3. The van der Waals surface area contributed by atoms with Gasteiger partial charge in [0.15, 0.2) is 0 Å². The van der Waals surface area contributed by atoms with Gasteiger partial charge in [-0.3, -0.25) is 4.79 Å². The third-order valence-electron chi connectivity index (χ3n) is 2.42. The molecule has 0 aliphatic rings. The number of hydrogen-bond donors (Lipinski definition) is 2. The minimum atomic E-state index is -0.671. The van der Waals surface area contributed by atoms with Gasteiger partial charge >= 0.3 is 5.97 Å². The lowest BCUT2D eigenvalue weighted by Gasteiger charge is -2.13. The number of aryl methyl sites for hydroxylation is 1. The molecule has 19 heavy (non-hydrogen) atoms. The number of carbonyl (C=O) groups is 1. The van der Waals surface area contributed by atoms with Crippen molar-refractivity contribution < 1.29 is 19.4 Å². The molecule has 0 fully saturated rings. The van der Waals surface area contributed by atoms with E-state index in [0.717, 1.165) is 11.3 Å². The van der Waals surface area contributed by atoms with E-state index in [9.17, 15) is 9.90 Å². The van der Waals surface area contributed by atoms with Crippen LogP contribution in [0, 0.1) is 6.92 Å². The third kappa shape index (κ3) is 6.79. The van der Waals surface area contributed by atoms with E-state index in [1.54, 1.807) is 6.92 Å². The first-order valence-electron chi connectivity index (χ1n) is 6.35. The van der Waals surface area contributed by atoms with Gasteiger partial charge < -0.3 is 19.9 Å². The summed E-state index contributed by atoms with van der Waals surface area (Å²) in [4.78, 5) is 11.0. The van der Waals surface area contributed by atoms with E-state index in [0.29, 0.717) is 6.61 Å². The molecule has 106 valence electrons. The molecular weight excluding hydrogens is 246 g/mol. The predicted octanol–water partition coefficient (Wildman–Crippen LogP) is 0.887. The van der Waals surface area contributed by atoms with Crippen LogP contribution in [0.3, 0.4) is 0 Å². The van der Waals surface area contributed by atoms with E-state index < -0.39 is 6.10 Å². The summed E-state index contributed by atoms with van der Waals surface area (Å²) in [6.45, 7) is 4.67. The molecule has 0 saturated heterocycles. The van der Waals surface area contributed by atoms with Crippen LogP contribution in [0.5, 0.6) is 5.75 Å². The summed E-state index contributed by atoms with van der Waals surface area (Å²) in [5.41, 5.74) is 1.16. The Morgan fingerprint density at radius 3 is 2.68 bits per heavy atom. The third-order valence-corrected chi connectivity index (χ3v) is 2.42. The molecule has 1 aromatic carbocycles. The number of nitrogens with one attached hydrogen (secondary N) is 1. The number of aliphatic hydroxyl groups is 1. The fourth-order valence-electron chi connectivity index (χ4n) is 1.44. The predicted molar refractivity (Wildman–Crippen MR) is 72.2 cm³/mol. The van der Waals surface area contributed by atoms with Gasteiger partial charge in [-0.05, 0) is 26.0 Å². The first-order chi connectivity index (χ1) is 9.11. The molecule has 5 nitrogen and oxygen atoms in total. The van der Waals surface area contributed by atoms with E-state index >= 15 is 0 Å². The van der Waals surface area contributed by atoms with Gasteiger partial charge in [0, 0.05) is 6.54 Å². The second-order valence-electron chi connectivity index (χ2n) is 4.21. The van der Waals surface area contributed by atoms with Crippen LogP contribution < -0.4 is 10.1 Å². The monoisotopic (exact) mass is 267 g/mol. The molecule has 2 N–H and O–H groups in total. The molecule has 0 bridgehead atoms. The Kier molecular flexibility index (Phi) is 6.92. The largest absolute Gasteiger partial charge is 0.491 e. The second kappa shape index (κ2) is 8.50. The molecule has 0 saturated carbocycles.